The van der Waals surface area contributed by atoms with Gasteiger partial charge in [-0.3, -0.25) is 4.79 Å². The van der Waals surface area contributed by atoms with Gasteiger partial charge in [0.25, 0.3) is 0 Å². The quantitative estimate of drug-likeness (QED) is 0.938. The highest BCUT2D eigenvalue weighted by molar-refractivity contribution is 7.12. The highest BCUT2D eigenvalue weighted by atomic mass is 32.1. The van der Waals surface area contributed by atoms with Crippen LogP contribution in [0.25, 0.3) is 0 Å². The number of rotatable bonds is 4. The molecule has 0 bridgehead atoms. The van der Waals surface area contributed by atoms with Crippen molar-refractivity contribution in [2.75, 3.05) is 11.4 Å². The van der Waals surface area contributed by atoms with Crippen LogP contribution in [0.5, 0.6) is 0 Å². The Morgan fingerprint density at radius 3 is 2.76 bits per heavy atom. The summed E-state index contributed by atoms with van der Waals surface area (Å²) in [5.41, 5.74) is 2.32. The van der Waals surface area contributed by atoms with Crippen molar-refractivity contribution in [3.8, 4) is 0 Å². The number of hydrogen-bond acceptors (Lipinski definition) is 3. The molecule has 110 valence electrons. The largest absolute Gasteiger partial charge is 0.481 e. The Balaban J connectivity index is 1.87. The first-order valence-corrected chi connectivity index (χ1v) is 8.12. The van der Waals surface area contributed by atoms with Crippen LogP contribution in [-0.2, 0) is 24.2 Å². The number of anilines is 1. The smallest absolute Gasteiger partial charge is 0.308 e. The molecule has 0 saturated carbocycles. The van der Waals surface area contributed by atoms with Gasteiger partial charge in [-0.1, -0.05) is 25.1 Å². The summed E-state index contributed by atoms with van der Waals surface area (Å²) < 4.78 is 0. The van der Waals surface area contributed by atoms with Crippen LogP contribution in [0.1, 0.15) is 22.2 Å². The Morgan fingerprint density at radius 2 is 2.05 bits per heavy atom. The van der Waals surface area contributed by atoms with Crippen molar-refractivity contribution in [2.45, 2.75) is 26.3 Å². The lowest BCUT2D eigenvalue weighted by atomic mass is 9.92. The van der Waals surface area contributed by atoms with Crippen molar-refractivity contribution in [1.29, 1.82) is 0 Å². The molecule has 4 heteroatoms. The third-order valence-corrected chi connectivity index (χ3v) is 5.22. The molecule has 0 saturated heterocycles. The summed E-state index contributed by atoms with van der Waals surface area (Å²) in [6.07, 6.45) is 1.69. The van der Waals surface area contributed by atoms with E-state index in [0.29, 0.717) is 13.0 Å². The van der Waals surface area contributed by atoms with E-state index in [-0.39, 0.29) is 5.92 Å². The first kappa shape index (κ1) is 14.1. The van der Waals surface area contributed by atoms with Gasteiger partial charge in [-0.2, -0.15) is 0 Å². The van der Waals surface area contributed by atoms with E-state index in [1.165, 1.54) is 15.4 Å². The number of benzene rings is 1. The molecule has 1 atom stereocenters. The molecule has 1 N–H and O–H groups in total. The minimum absolute atomic E-state index is 0.314. The molecule has 0 aliphatic carbocycles. The van der Waals surface area contributed by atoms with Crippen LogP contribution < -0.4 is 4.90 Å². The Bertz CT molecular complexity index is 650. The SMILES string of the molecule is CCc1ccc(CN2CC(C(=O)O)Cc3ccccc32)s1. The number of fused-ring (bicyclic) bond motifs is 1. The standard InChI is InChI=1S/C17H19NO2S/c1-2-14-7-8-15(21-14)11-18-10-13(17(19)20)9-12-5-3-4-6-16(12)18/h3-8,13H,2,9-11H2,1H3,(H,19,20). The van der Waals surface area contributed by atoms with Crippen molar-refractivity contribution in [2.24, 2.45) is 5.92 Å². The topological polar surface area (TPSA) is 40.5 Å². The number of para-hydroxylation sites is 1. The summed E-state index contributed by atoms with van der Waals surface area (Å²) in [5.74, 6) is -1.01. The molecule has 3 rings (SSSR count). The molecule has 0 fully saturated rings. The molecule has 2 heterocycles. The lowest BCUT2D eigenvalue weighted by Gasteiger charge is -2.34. The van der Waals surface area contributed by atoms with E-state index in [9.17, 15) is 9.90 Å². The van der Waals surface area contributed by atoms with Gasteiger partial charge < -0.3 is 10.0 Å². The summed E-state index contributed by atoms with van der Waals surface area (Å²) in [4.78, 5) is 16.3. The molecule has 1 unspecified atom stereocenters. The maximum Gasteiger partial charge on any atom is 0.308 e. The Morgan fingerprint density at radius 1 is 1.29 bits per heavy atom. The molecular formula is C17H19NO2S. The van der Waals surface area contributed by atoms with E-state index in [1.54, 1.807) is 0 Å². The van der Waals surface area contributed by atoms with Gasteiger partial charge in [0.1, 0.15) is 0 Å². The number of thiophene rings is 1. The van der Waals surface area contributed by atoms with Gasteiger partial charge in [-0.15, -0.1) is 11.3 Å². The first-order valence-electron chi connectivity index (χ1n) is 7.30. The third kappa shape index (κ3) is 2.95. The molecule has 0 amide bonds. The van der Waals surface area contributed by atoms with E-state index >= 15 is 0 Å². The Hall–Kier alpha value is -1.81. The molecule has 0 radical (unpaired) electrons. The maximum atomic E-state index is 11.4. The average molecular weight is 301 g/mol. The number of carboxylic acid groups (broad SMARTS) is 1. The zero-order valence-corrected chi connectivity index (χ0v) is 12.9. The molecule has 1 aromatic carbocycles. The normalized spacial score (nSPS) is 17.6. The molecule has 2 aromatic rings. The van der Waals surface area contributed by atoms with Gasteiger partial charge in [-0.25, -0.2) is 0 Å². The van der Waals surface area contributed by atoms with Crippen molar-refractivity contribution in [3.63, 3.8) is 0 Å². The van der Waals surface area contributed by atoms with Gasteiger partial charge in [0, 0.05) is 22.0 Å². The maximum absolute atomic E-state index is 11.4. The van der Waals surface area contributed by atoms with Gasteiger partial charge >= 0.3 is 5.97 Å². The van der Waals surface area contributed by atoms with E-state index in [2.05, 4.69) is 30.0 Å². The van der Waals surface area contributed by atoms with E-state index < -0.39 is 5.97 Å². The molecular weight excluding hydrogens is 282 g/mol. The predicted molar refractivity (Wildman–Crippen MR) is 86.0 cm³/mol. The predicted octanol–water partition coefficient (Wildman–Crippen LogP) is 3.57. The number of hydrogen-bond donors (Lipinski definition) is 1. The van der Waals surface area contributed by atoms with Gasteiger partial charge in [0.15, 0.2) is 0 Å². The first-order chi connectivity index (χ1) is 10.2. The number of carbonyl (C=O) groups is 1. The highest BCUT2D eigenvalue weighted by Gasteiger charge is 2.28. The van der Waals surface area contributed by atoms with Gasteiger partial charge in [0.05, 0.1) is 12.5 Å². The fourth-order valence-corrected chi connectivity index (χ4v) is 3.86. The van der Waals surface area contributed by atoms with Crippen molar-refractivity contribution >= 4 is 23.0 Å². The second-order valence-electron chi connectivity index (χ2n) is 5.47. The van der Waals surface area contributed by atoms with Crippen LogP contribution in [0.2, 0.25) is 0 Å². The second-order valence-corrected chi connectivity index (χ2v) is 6.72. The number of nitrogens with zero attached hydrogens (tertiary/aromatic N) is 1. The average Bonchev–Trinajstić information content (AvgIpc) is 2.94. The minimum Gasteiger partial charge on any atom is -0.481 e. The zero-order valence-electron chi connectivity index (χ0n) is 12.1. The van der Waals surface area contributed by atoms with Crippen molar-refractivity contribution in [3.05, 3.63) is 51.7 Å². The molecule has 1 aliphatic rings. The summed E-state index contributed by atoms with van der Waals surface area (Å²) in [7, 11) is 0. The Kier molecular flexibility index (Phi) is 3.97. The fourth-order valence-electron chi connectivity index (χ4n) is 2.89. The van der Waals surface area contributed by atoms with E-state index in [1.807, 2.05) is 29.5 Å². The van der Waals surface area contributed by atoms with Gasteiger partial charge in [0.2, 0.25) is 0 Å². The highest BCUT2D eigenvalue weighted by Crippen LogP contribution is 2.32. The molecule has 1 aromatic heterocycles. The molecule has 21 heavy (non-hydrogen) atoms. The van der Waals surface area contributed by atoms with Crippen molar-refractivity contribution < 1.29 is 9.90 Å². The van der Waals surface area contributed by atoms with Gasteiger partial charge in [-0.05, 0) is 36.6 Å². The molecule has 3 nitrogen and oxygen atoms in total. The number of aryl methyl sites for hydroxylation is 1. The fraction of sp³-hybridized carbons (Fsp3) is 0.353. The lowest BCUT2D eigenvalue weighted by Crippen LogP contribution is -2.38. The summed E-state index contributed by atoms with van der Waals surface area (Å²) >= 11 is 1.82. The van der Waals surface area contributed by atoms with Crippen LogP contribution in [0.3, 0.4) is 0 Å². The van der Waals surface area contributed by atoms with Crippen LogP contribution >= 0.6 is 11.3 Å². The van der Waals surface area contributed by atoms with Crippen LogP contribution in [0, 0.1) is 5.92 Å². The monoisotopic (exact) mass is 301 g/mol. The van der Waals surface area contributed by atoms with Crippen LogP contribution in [-0.4, -0.2) is 17.6 Å². The Labute approximate surface area is 128 Å². The summed E-state index contributed by atoms with van der Waals surface area (Å²) in [6, 6.07) is 12.5. The minimum atomic E-state index is -0.699. The summed E-state index contributed by atoms with van der Waals surface area (Å²) in [5, 5.41) is 9.37. The van der Waals surface area contributed by atoms with Crippen LogP contribution in [0.4, 0.5) is 5.69 Å². The number of carboxylic acids is 1. The third-order valence-electron chi connectivity index (χ3n) is 4.00. The molecule has 1 aliphatic heterocycles. The van der Waals surface area contributed by atoms with E-state index in [4.69, 9.17) is 0 Å². The summed E-state index contributed by atoms with van der Waals surface area (Å²) in [6.45, 7) is 3.55. The van der Waals surface area contributed by atoms with Crippen LogP contribution in [0.15, 0.2) is 36.4 Å². The lowest BCUT2D eigenvalue weighted by molar-refractivity contribution is -0.141. The second kappa shape index (κ2) is 5.90. The number of aliphatic carboxylic acids is 1. The van der Waals surface area contributed by atoms with E-state index in [0.717, 1.165) is 18.5 Å². The van der Waals surface area contributed by atoms with Crippen molar-refractivity contribution in [1.82, 2.24) is 0 Å². The molecule has 0 spiro atoms. The zero-order chi connectivity index (χ0) is 14.8.